The third-order valence-corrected chi connectivity index (χ3v) is 17.7. The van der Waals surface area contributed by atoms with E-state index in [9.17, 15) is 50.8 Å². The van der Waals surface area contributed by atoms with E-state index < -0.39 is 111 Å². The maximum absolute atomic E-state index is 14.4. The van der Waals surface area contributed by atoms with E-state index >= 15 is 0 Å². The molecule has 5 heterocycles. The Balaban J connectivity index is 0.878. The van der Waals surface area contributed by atoms with Crippen molar-refractivity contribution < 1.29 is 88.6 Å². The first-order valence-corrected chi connectivity index (χ1v) is 23.2. The molecule has 0 bridgehead atoms. The molecule has 26 unspecified atom stereocenters. The Kier molecular flexibility index (Phi) is 12.8. The fraction of sp³-hybridized carbons (Fsp3) is 0.977. The van der Waals surface area contributed by atoms with Crippen molar-refractivity contribution in [2.24, 2.45) is 52.3 Å². The summed E-state index contributed by atoms with van der Waals surface area (Å²) in [6, 6.07) is 0. The molecule has 1 spiro atoms. The summed E-state index contributed by atoms with van der Waals surface area (Å²) in [5, 5.41) is 94.9. The van der Waals surface area contributed by atoms with Gasteiger partial charge in [-0.15, -0.1) is 0 Å². The Hall–Kier alpha value is -1.01. The van der Waals surface area contributed by atoms with E-state index in [1.54, 1.807) is 0 Å². The first-order valence-electron chi connectivity index (χ1n) is 23.2. The van der Waals surface area contributed by atoms with Crippen LogP contribution in [0.25, 0.3) is 0 Å². The van der Waals surface area contributed by atoms with Gasteiger partial charge >= 0.3 is 0 Å². The third kappa shape index (κ3) is 7.56. The number of fused-ring (bicyclic) bond motifs is 7. The Morgan fingerprint density at radius 1 is 0.710 bits per heavy atom. The van der Waals surface area contributed by atoms with Crippen LogP contribution < -0.4 is 0 Å². The zero-order chi connectivity index (χ0) is 44.2. The monoisotopic (exact) mass is 886 g/mol. The second-order valence-electron chi connectivity index (χ2n) is 21.1. The molecule has 5 aliphatic heterocycles. The van der Waals surface area contributed by atoms with Crippen LogP contribution in [0.15, 0.2) is 0 Å². The van der Waals surface area contributed by atoms with Crippen molar-refractivity contribution in [1.82, 2.24) is 0 Å². The number of ether oxygens (including phenoxy) is 8. The number of hydrogen-bond donors (Lipinski definition) is 9. The van der Waals surface area contributed by atoms with E-state index in [-0.39, 0.29) is 47.1 Å². The van der Waals surface area contributed by atoms with Gasteiger partial charge in [0.15, 0.2) is 24.7 Å². The van der Waals surface area contributed by atoms with Crippen molar-refractivity contribution in [2.75, 3.05) is 26.4 Å². The number of ketones is 1. The van der Waals surface area contributed by atoms with Crippen LogP contribution in [0.4, 0.5) is 0 Å². The fourth-order valence-corrected chi connectivity index (χ4v) is 14.1. The van der Waals surface area contributed by atoms with E-state index in [0.29, 0.717) is 42.9 Å². The topological polar surface area (TPSA) is 273 Å². The Morgan fingerprint density at radius 3 is 2.13 bits per heavy atom. The molecule has 5 saturated heterocycles. The SMILES string of the molecule is CC1CCC2(OC1)OC1CC3C4CC(=O)C5CC(OC6OC(COC7OCC(O)C(O)C7O)C(OC7OC(CO)C(O)C(O)C7O)C(O)C6O)CCC5(C)C4CCC3(C)C1C2C. The van der Waals surface area contributed by atoms with Crippen molar-refractivity contribution in [3.63, 3.8) is 0 Å². The molecule has 0 amide bonds. The molecule has 18 nitrogen and oxygen atoms in total. The number of aliphatic hydroxyl groups is 9. The molecule has 26 atom stereocenters. The maximum Gasteiger partial charge on any atom is 0.187 e. The predicted molar refractivity (Wildman–Crippen MR) is 210 cm³/mol. The second-order valence-corrected chi connectivity index (χ2v) is 21.1. The molecule has 0 radical (unpaired) electrons. The fourth-order valence-electron chi connectivity index (χ4n) is 14.1. The van der Waals surface area contributed by atoms with Gasteiger partial charge in [0, 0.05) is 24.7 Å². The zero-order valence-electron chi connectivity index (χ0n) is 36.2. The Bertz CT molecular complexity index is 1600. The molecular formula is C44H70O18. The maximum atomic E-state index is 14.4. The quantitative estimate of drug-likeness (QED) is 0.133. The van der Waals surface area contributed by atoms with Crippen LogP contribution in [-0.2, 0) is 42.7 Å². The molecule has 9 rings (SSSR count). The van der Waals surface area contributed by atoms with Crippen LogP contribution in [0.5, 0.6) is 0 Å². The highest BCUT2D eigenvalue weighted by atomic mass is 16.8. The van der Waals surface area contributed by atoms with E-state index in [4.69, 9.17) is 37.9 Å². The molecule has 0 aromatic rings. The first-order chi connectivity index (χ1) is 29.4. The van der Waals surface area contributed by atoms with Gasteiger partial charge < -0.3 is 83.9 Å². The zero-order valence-corrected chi connectivity index (χ0v) is 36.2. The highest BCUT2D eigenvalue weighted by Gasteiger charge is 2.70. The molecule has 0 aromatic carbocycles. The van der Waals surface area contributed by atoms with Crippen molar-refractivity contribution in [3.05, 3.63) is 0 Å². The smallest absolute Gasteiger partial charge is 0.187 e. The van der Waals surface area contributed by atoms with Gasteiger partial charge in [-0.1, -0.05) is 27.7 Å². The van der Waals surface area contributed by atoms with Crippen LogP contribution in [-0.4, -0.2) is 182 Å². The molecule has 9 aliphatic rings. The molecule has 354 valence electrons. The largest absolute Gasteiger partial charge is 0.394 e. The summed E-state index contributed by atoms with van der Waals surface area (Å²) in [7, 11) is 0. The molecule has 18 heteroatoms. The Labute approximate surface area is 362 Å². The third-order valence-electron chi connectivity index (χ3n) is 17.7. The van der Waals surface area contributed by atoms with Crippen LogP contribution in [0.1, 0.15) is 85.5 Å². The standard InChI is InChI=1S/C44H70O18/c1-18-5-10-44(57-15-18)19(2)30-27(62-44)13-23-21-12-25(46)24-11-20(6-8-42(24,3)22(21)7-9-43(23,30)4)58-40-37(54)34(51)38(61-41-36(53)33(50)32(49)28(14-45)59-41)29(60-40)17-56-39-35(52)31(48)26(47)16-55-39/h18-24,26-41,45,47-54H,5-17H2,1-4H3. The molecule has 62 heavy (non-hydrogen) atoms. The molecule has 4 saturated carbocycles. The summed E-state index contributed by atoms with van der Waals surface area (Å²) < 4.78 is 48.7. The van der Waals surface area contributed by atoms with Gasteiger partial charge in [0.2, 0.25) is 0 Å². The van der Waals surface area contributed by atoms with Gasteiger partial charge in [0.25, 0.3) is 0 Å². The lowest BCUT2D eigenvalue weighted by Crippen LogP contribution is -2.65. The van der Waals surface area contributed by atoms with Gasteiger partial charge in [-0.3, -0.25) is 4.79 Å². The van der Waals surface area contributed by atoms with Crippen molar-refractivity contribution in [3.8, 4) is 0 Å². The average Bonchev–Trinajstić information content (AvgIpc) is 3.70. The lowest BCUT2D eigenvalue weighted by atomic mass is 9.44. The van der Waals surface area contributed by atoms with Gasteiger partial charge in [0.1, 0.15) is 72.9 Å². The predicted octanol–water partition coefficient (Wildman–Crippen LogP) is -0.915. The highest BCUT2D eigenvalue weighted by Crippen LogP contribution is 2.71. The summed E-state index contributed by atoms with van der Waals surface area (Å²) in [6.07, 6.45) is -15.3. The number of rotatable bonds is 8. The van der Waals surface area contributed by atoms with Gasteiger partial charge in [-0.2, -0.15) is 0 Å². The molecule has 9 fully saturated rings. The Morgan fingerprint density at radius 2 is 1.40 bits per heavy atom. The number of aliphatic hydroxyl groups excluding tert-OH is 9. The van der Waals surface area contributed by atoms with Gasteiger partial charge in [-0.25, -0.2) is 0 Å². The van der Waals surface area contributed by atoms with Crippen molar-refractivity contribution >= 4 is 5.78 Å². The number of carbonyl (C=O) groups excluding carboxylic acids is 1. The normalized spacial score (nSPS) is 57.8. The average molecular weight is 887 g/mol. The molecular weight excluding hydrogens is 816 g/mol. The number of carbonyl (C=O) groups is 1. The minimum absolute atomic E-state index is 0.0626. The van der Waals surface area contributed by atoms with E-state index in [1.165, 1.54) is 0 Å². The van der Waals surface area contributed by atoms with Gasteiger partial charge in [-0.05, 0) is 85.4 Å². The number of Topliss-reactive ketones (excluding diaryl/α,β-unsaturated/α-hetero) is 1. The second kappa shape index (κ2) is 17.3. The van der Waals surface area contributed by atoms with Crippen LogP contribution in [0.2, 0.25) is 0 Å². The van der Waals surface area contributed by atoms with Gasteiger partial charge in [0.05, 0.1) is 38.6 Å². The van der Waals surface area contributed by atoms with Crippen molar-refractivity contribution in [2.45, 2.75) is 189 Å². The van der Waals surface area contributed by atoms with E-state index in [1.807, 2.05) is 0 Å². The molecule has 4 aliphatic carbocycles. The molecule has 0 aromatic heterocycles. The van der Waals surface area contributed by atoms with Crippen LogP contribution in [0.3, 0.4) is 0 Å². The van der Waals surface area contributed by atoms with Crippen molar-refractivity contribution in [1.29, 1.82) is 0 Å². The van der Waals surface area contributed by atoms with E-state index in [2.05, 4.69) is 27.7 Å². The summed E-state index contributed by atoms with van der Waals surface area (Å²) >= 11 is 0. The summed E-state index contributed by atoms with van der Waals surface area (Å²) in [5.41, 5.74) is -0.187. The van der Waals surface area contributed by atoms with E-state index in [0.717, 1.165) is 45.1 Å². The summed E-state index contributed by atoms with van der Waals surface area (Å²) in [4.78, 5) is 14.4. The van der Waals surface area contributed by atoms with Crippen LogP contribution in [0, 0.1) is 52.3 Å². The summed E-state index contributed by atoms with van der Waals surface area (Å²) in [6.45, 7) is 8.43. The minimum atomic E-state index is -1.84. The summed E-state index contributed by atoms with van der Waals surface area (Å²) in [5.74, 6) is 1.66. The number of hydrogen-bond acceptors (Lipinski definition) is 18. The minimum Gasteiger partial charge on any atom is -0.394 e. The highest BCUT2D eigenvalue weighted by molar-refractivity contribution is 5.83. The molecule has 9 N–H and O–H groups in total. The lowest BCUT2D eigenvalue weighted by Gasteiger charge is -2.60. The first kappa shape index (κ1) is 46.1. The van der Waals surface area contributed by atoms with Crippen LogP contribution >= 0.6 is 0 Å². The lowest BCUT2D eigenvalue weighted by molar-refractivity contribution is -0.369.